The minimum absolute atomic E-state index is 0.114. The Balaban J connectivity index is 4.97. The molecule has 0 N–H and O–H groups in total. The fourth-order valence-corrected chi connectivity index (χ4v) is 5.00. The number of hydrogen-bond acceptors (Lipinski definition) is 4. The molecule has 4 nitrogen and oxygen atoms in total. The third-order valence-corrected chi connectivity index (χ3v) is 7.90. The molecule has 6 heteroatoms. The molecule has 0 saturated heterocycles. The fourth-order valence-electron chi connectivity index (χ4n) is 2.59. The Morgan fingerprint density at radius 3 is 1.37 bits per heavy atom. The van der Waals surface area contributed by atoms with E-state index >= 15 is 0 Å². The molecule has 0 aliphatic heterocycles. The number of carbonyl (C=O) groups is 2. The lowest BCUT2D eigenvalue weighted by atomic mass is 9.81. The van der Waals surface area contributed by atoms with Gasteiger partial charge in [0.1, 0.15) is 0 Å². The van der Waals surface area contributed by atoms with Crippen molar-refractivity contribution in [2.45, 2.75) is 77.1 Å². The summed E-state index contributed by atoms with van der Waals surface area (Å²) in [6.45, 7) is 14.1. The van der Waals surface area contributed by atoms with E-state index in [4.69, 9.17) is 22.3 Å². The van der Waals surface area contributed by atoms with Gasteiger partial charge in [0, 0.05) is 29.0 Å². The minimum atomic E-state index is -1.60. The van der Waals surface area contributed by atoms with Gasteiger partial charge in [-0.25, -0.2) is 0 Å². The van der Waals surface area contributed by atoms with E-state index in [2.05, 4.69) is 51.1 Å². The van der Waals surface area contributed by atoms with E-state index in [0.29, 0.717) is 0 Å². The number of hydrogen-bond donors (Lipinski definition) is 0. The summed E-state index contributed by atoms with van der Waals surface area (Å²) < 4.78 is 10.8. The van der Waals surface area contributed by atoms with Crippen LogP contribution in [0.3, 0.4) is 0 Å². The van der Waals surface area contributed by atoms with Crippen LogP contribution in [0, 0.1) is 30.1 Å². The second kappa shape index (κ2) is 11.4. The second-order valence-electron chi connectivity index (χ2n) is 9.44. The zero-order valence-electron chi connectivity index (χ0n) is 17.9. The van der Waals surface area contributed by atoms with Crippen LogP contribution >= 0.6 is 0 Å². The topological polar surface area (TPSA) is 52.6 Å². The molecule has 0 aromatic rings. The van der Waals surface area contributed by atoms with Gasteiger partial charge >= 0.3 is 11.9 Å². The number of terminal acetylenes is 2. The Morgan fingerprint density at radius 1 is 0.778 bits per heavy atom. The van der Waals surface area contributed by atoms with Crippen LogP contribution in [0.4, 0.5) is 0 Å². The Bertz CT molecular complexity index is 519. The van der Waals surface area contributed by atoms with Crippen LogP contribution in [-0.2, 0) is 19.1 Å². The van der Waals surface area contributed by atoms with Crippen LogP contribution in [0.2, 0.25) is 51.4 Å². The number of rotatable bonds is 12. The Kier molecular flexibility index (Phi) is 10.7. The summed E-state index contributed by atoms with van der Waals surface area (Å²) >= 11 is 0. The summed E-state index contributed by atoms with van der Waals surface area (Å²) in [5.41, 5.74) is -1.60. The molecule has 0 radical (unpaired) electrons. The highest BCUT2D eigenvalue weighted by Gasteiger charge is 2.48. The van der Waals surface area contributed by atoms with Gasteiger partial charge in [0.15, 0.2) is 5.41 Å². The van der Waals surface area contributed by atoms with Gasteiger partial charge in [-0.05, 0) is 12.8 Å². The molecule has 0 spiro atoms. The van der Waals surface area contributed by atoms with Crippen LogP contribution in [0.1, 0.15) is 25.7 Å². The van der Waals surface area contributed by atoms with Crippen molar-refractivity contribution in [1.82, 2.24) is 0 Å². The van der Waals surface area contributed by atoms with Crippen LogP contribution in [0.5, 0.6) is 0 Å². The number of ether oxygens (including phenoxy) is 2. The molecule has 27 heavy (non-hydrogen) atoms. The summed E-state index contributed by atoms with van der Waals surface area (Å²) in [4.78, 5) is 25.4. The smallest absolute Gasteiger partial charge is 0.325 e. The molecule has 0 aliphatic carbocycles. The first-order valence-corrected chi connectivity index (χ1v) is 17.0. The summed E-state index contributed by atoms with van der Waals surface area (Å²) in [6.07, 6.45) is 12.2. The van der Waals surface area contributed by atoms with Crippen LogP contribution in [0.15, 0.2) is 0 Å². The molecule has 0 aromatic heterocycles. The maximum absolute atomic E-state index is 12.7. The average Bonchev–Trinajstić information content (AvgIpc) is 2.53. The van der Waals surface area contributed by atoms with Gasteiger partial charge in [-0.2, -0.15) is 0 Å². The van der Waals surface area contributed by atoms with E-state index in [-0.39, 0.29) is 26.1 Å². The van der Waals surface area contributed by atoms with E-state index in [1.807, 2.05) is 0 Å². The van der Waals surface area contributed by atoms with E-state index in [9.17, 15) is 9.59 Å². The van der Waals surface area contributed by atoms with Crippen molar-refractivity contribution in [3.8, 4) is 24.7 Å². The van der Waals surface area contributed by atoms with Crippen molar-refractivity contribution in [2.24, 2.45) is 5.41 Å². The molecule has 0 aliphatic rings. The van der Waals surface area contributed by atoms with Gasteiger partial charge in [0.25, 0.3) is 0 Å². The fraction of sp³-hybridized carbons (Fsp3) is 0.714. The molecule has 0 amide bonds. The van der Waals surface area contributed by atoms with Crippen molar-refractivity contribution >= 4 is 28.1 Å². The molecule has 0 rings (SSSR count). The van der Waals surface area contributed by atoms with Gasteiger partial charge in [-0.1, -0.05) is 51.4 Å². The SMILES string of the molecule is C#CCC(CC#C)(C(=O)OCCC[Si](C)(C)C)C(=O)OCCC[Si](C)(C)C. The predicted molar refractivity (Wildman–Crippen MR) is 117 cm³/mol. The lowest BCUT2D eigenvalue weighted by Crippen LogP contribution is -2.42. The van der Waals surface area contributed by atoms with E-state index in [1.165, 1.54) is 0 Å². The Morgan fingerprint density at radius 2 is 1.11 bits per heavy atom. The zero-order chi connectivity index (χ0) is 21.1. The summed E-state index contributed by atoms with van der Waals surface area (Å²) in [7, 11) is -2.42. The van der Waals surface area contributed by atoms with Crippen molar-refractivity contribution in [1.29, 1.82) is 0 Å². The minimum Gasteiger partial charge on any atom is -0.465 e. The maximum Gasteiger partial charge on any atom is 0.325 e. The lowest BCUT2D eigenvalue weighted by molar-refractivity contribution is -0.172. The van der Waals surface area contributed by atoms with Gasteiger partial charge < -0.3 is 9.47 Å². The van der Waals surface area contributed by atoms with E-state index in [1.54, 1.807) is 0 Å². The standard InChI is InChI=1S/C21H36O4Si2/c1-9-13-21(14-10-2,19(22)24-15-11-17-26(3,4)5)20(23)25-16-12-18-27(6,7)8/h1-2H,11-18H2,3-8H3. The molecule has 0 heterocycles. The van der Waals surface area contributed by atoms with Gasteiger partial charge in [-0.15, -0.1) is 24.7 Å². The highest BCUT2D eigenvalue weighted by molar-refractivity contribution is 6.76. The molecule has 0 bridgehead atoms. The quantitative estimate of drug-likeness (QED) is 0.156. The maximum atomic E-state index is 12.7. The third kappa shape index (κ3) is 10.4. The van der Waals surface area contributed by atoms with Gasteiger partial charge in [-0.3, -0.25) is 9.59 Å². The largest absolute Gasteiger partial charge is 0.465 e. The zero-order valence-corrected chi connectivity index (χ0v) is 19.9. The lowest BCUT2D eigenvalue weighted by Gasteiger charge is -2.26. The molecule has 0 unspecified atom stereocenters. The second-order valence-corrected chi connectivity index (χ2v) is 20.7. The molecule has 152 valence electrons. The summed E-state index contributed by atoms with van der Waals surface area (Å²) in [5, 5.41) is 0. The molecular formula is C21H36O4Si2. The molecule has 0 aromatic carbocycles. The van der Waals surface area contributed by atoms with E-state index < -0.39 is 33.5 Å². The molecule has 0 saturated carbocycles. The molecule has 0 atom stereocenters. The molecule has 0 fully saturated rings. The first-order valence-electron chi connectivity index (χ1n) is 9.59. The highest BCUT2D eigenvalue weighted by Crippen LogP contribution is 2.30. The Labute approximate surface area is 167 Å². The van der Waals surface area contributed by atoms with Crippen LogP contribution < -0.4 is 0 Å². The average molecular weight is 409 g/mol. The van der Waals surface area contributed by atoms with Crippen molar-refractivity contribution in [3.05, 3.63) is 0 Å². The molecular weight excluding hydrogens is 372 g/mol. The third-order valence-electron chi connectivity index (χ3n) is 4.20. The highest BCUT2D eigenvalue weighted by atomic mass is 28.3. The first-order chi connectivity index (χ1) is 12.4. The van der Waals surface area contributed by atoms with E-state index in [0.717, 1.165) is 24.9 Å². The van der Waals surface area contributed by atoms with Crippen LogP contribution in [-0.4, -0.2) is 41.3 Å². The number of esters is 2. The van der Waals surface area contributed by atoms with Crippen molar-refractivity contribution in [2.75, 3.05) is 13.2 Å². The summed E-state index contributed by atoms with van der Waals surface area (Å²) in [5.74, 6) is 3.48. The van der Waals surface area contributed by atoms with Crippen LogP contribution in [0.25, 0.3) is 0 Å². The van der Waals surface area contributed by atoms with Crippen molar-refractivity contribution < 1.29 is 19.1 Å². The predicted octanol–water partition coefficient (Wildman–Crippen LogP) is 4.56. The Hall–Kier alpha value is -1.51. The normalized spacial score (nSPS) is 12.0. The first kappa shape index (κ1) is 25.5. The van der Waals surface area contributed by atoms with Gasteiger partial charge in [0.05, 0.1) is 13.2 Å². The monoisotopic (exact) mass is 408 g/mol. The van der Waals surface area contributed by atoms with Crippen molar-refractivity contribution in [3.63, 3.8) is 0 Å². The number of carbonyl (C=O) groups excluding carboxylic acids is 2. The summed E-state index contributed by atoms with van der Waals surface area (Å²) in [6, 6.07) is 2.08. The van der Waals surface area contributed by atoms with Gasteiger partial charge in [0.2, 0.25) is 0 Å².